The second-order valence-corrected chi connectivity index (χ2v) is 7.94. The number of nitrogens with zero attached hydrogens (tertiary/aromatic N) is 1. The van der Waals surface area contributed by atoms with Crippen molar-refractivity contribution in [2.75, 3.05) is 13.2 Å². The molecule has 2 aromatic carbocycles. The molecule has 0 unspecified atom stereocenters. The number of ether oxygens (including phenoxy) is 3. The van der Waals surface area contributed by atoms with E-state index in [1.807, 2.05) is 61.5 Å². The van der Waals surface area contributed by atoms with Gasteiger partial charge in [-0.25, -0.2) is 10.2 Å². The van der Waals surface area contributed by atoms with E-state index in [0.717, 1.165) is 16.9 Å². The van der Waals surface area contributed by atoms with E-state index >= 15 is 0 Å². The van der Waals surface area contributed by atoms with E-state index in [4.69, 9.17) is 14.2 Å². The van der Waals surface area contributed by atoms with Crippen LogP contribution in [-0.4, -0.2) is 43.1 Å². The molecule has 0 radical (unpaired) electrons. The fourth-order valence-electron chi connectivity index (χ4n) is 2.57. The summed E-state index contributed by atoms with van der Waals surface area (Å²) in [5.41, 5.74) is 3.48. The number of nitrogens with one attached hydrogen (secondary N) is 2. The third-order valence-corrected chi connectivity index (χ3v) is 3.98. The number of carbonyl (C=O) groups excluding carboxylic acids is 2. The number of hydrogen-bond donors (Lipinski definition) is 2. The summed E-state index contributed by atoms with van der Waals surface area (Å²) in [6.07, 6.45) is 0.791. The molecule has 0 aliphatic carbocycles. The van der Waals surface area contributed by atoms with Gasteiger partial charge in [0.25, 0.3) is 5.91 Å². The Hall–Kier alpha value is -3.39. The van der Waals surface area contributed by atoms with Crippen LogP contribution in [0.4, 0.5) is 4.79 Å². The Bertz CT molecular complexity index is 877. The van der Waals surface area contributed by atoms with E-state index in [9.17, 15) is 9.59 Å². The summed E-state index contributed by atoms with van der Waals surface area (Å²) < 4.78 is 16.3. The lowest BCUT2D eigenvalue weighted by Gasteiger charge is -2.22. The van der Waals surface area contributed by atoms with Crippen LogP contribution in [0.3, 0.4) is 0 Å². The normalized spacial score (nSPS) is 12.2. The number of rotatable bonds is 10. The monoisotopic (exact) mass is 441 g/mol. The van der Waals surface area contributed by atoms with Crippen molar-refractivity contribution in [2.45, 2.75) is 45.9 Å². The van der Waals surface area contributed by atoms with Gasteiger partial charge in [-0.3, -0.25) is 4.79 Å². The van der Waals surface area contributed by atoms with Gasteiger partial charge < -0.3 is 19.5 Å². The van der Waals surface area contributed by atoms with Gasteiger partial charge in [-0.15, -0.1) is 0 Å². The molecule has 8 heteroatoms. The Morgan fingerprint density at radius 3 is 2.38 bits per heavy atom. The largest absolute Gasteiger partial charge is 0.494 e. The highest BCUT2D eigenvalue weighted by atomic mass is 16.6. The average Bonchev–Trinajstić information content (AvgIpc) is 2.74. The van der Waals surface area contributed by atoms with Gasteiger partial charge in [-0.2, -0.15) is 5.10 Å². The fraction of sp³-hybridized carbons (Fsp3) is 0.375. The van der Waals surface area contributed by atoms with Crippen LogP contribution in [0.25, 0.3) is 0 Å². The maximum absolute atomic E-state index is 12.6. The fourth-order valence-corrected chi connectivity index (χ4v) is 2.57. The molecule has 2 rings (SSSR count). The second kappa shape index (κ2) is 12.5. The Kier molecular flexibility index (Phi) is 9.69. The molecule has 8 nitrogen and oxygen atoms in total. The molecule has 172 valence electrons. The van der Waals surface area contributed by atoms with E-state index < -0.39 is 23.6 Å². The van der Waals surface area contributed by atoms with Crippen LogP contribution < -0.4 is 15.5 Å². The molecule has 2 N–H and O–H groups in total. The highest BCUT2D eigenvalue weighted by molar-refractivity contribution is 5.87. The number of hydrogen-bond acceptors (Lipinski definition) is 6. The first-order chi connectivity index (χ1) is 15.3. The van der Waals surface area contributed by atoms with Crippen molar-refractivity contribution in [2.24, 2.45) is 5.10 Å². The third kappa shape index (κ3) is 9.61. The molecule has 2 aromatic rings. The summed E-state index contributed by atoms with van der Waals surface area (Å²) in [4.78, 5) is 24.8. The Balaban J connectivity index is 1.95. The maximum Gasteiger partial charge on any atom is 0.408 e. The first-order valence-corrected chi connectivity index (χ1v) is 10.4. The predicted octanol–water partition coefficient (Wildman–Crippen LogP) is 3.65. The van der Waals surface area contributed by atoms with Gasteiger partial charge in [0.05, 0.1) is 26.0 Å². The Morgan fingerprint density at radius 1 is 1.06 bits per heavy atom. The van der Waals surface area contributed by atoms with Crippen molar-refractivity contribution in [1.29, 1.82) is 0 Å². The second-order valence-electron chi connectivity index (χ2n) is 7.94. The van der Waals surface area contributed by atoms with Crippen molar-refractivity contribution in [3.05, 3.63) is 65.7 Å². The van der Waals surface area contributed by atoms with Crippen LogP contribution >= 0.6 is 0 Å². The number of amides is 2. The van der Waals surface area contributed by atoms with Crippen LogP contribution in [0.5, 0.6) is 5.75 Å². The van der Waals surface area contributed by atoms with Crippen LogP contribution in [0.15, 0.2) is 59.7 Å². The number of alkyl carbamates (subject to hydrolysis) is 1. The van der Waals surface area contributed by atoms with Crippen molar-refractivity contribution < 1.29 is 23.8 Å². The highest BCUT2D eigenvalue weighted by Crippen LogP contribution is 2.11. The van der Waals surface area contributed by atoms with Crippen molar-refractivity contribution >= 4 is 18.2 Å². The van der Waals surface area contributed by atoms with Crippen molar-refractivity contribution in [3.63, 3.8) is 0 Å². The molecule has 32 heavy (non-hydrogen) atoms. The minimum atomic E-state index is -0.981. The summed E-state index contributed by atoms with van der Waals surface area (Å²) in [6, 6.07) is 15.8. The molecule has 0 aromatic heterocycles. The van der Waals surface area contributed by atoms with Gasteiger partial charge in [0, 0.05) is 0 Å². The molecule has 0 aliphatic rings. The first kappa shape index (κ1) is 24.9. The standard InChI is InChI=1S/C24H31N3O5/c1-5-31-20-13-11-18(12-14-20)15-25-27-22(28)21(26-23(29)32-24(2,3)4)17-30-16-19-9-7-6-8-10-19/h6-15,21H,5,16-17H2,1-4H3,(H,26,29)(H,27,28)/b25-15-/t21-/m0/s1. The molecular weight excluding hydrogens is 410 g/mol. The molecule has 0 fully saturated rings. The first-order valence-electron chi connectivity index (χ1n) is 10.4. The minimum absolute atomic E-state index is 0.0431. The molecule has 0 saturated carbocycles. The molecule has 1 atom stereocenters. The smallest absolute Gasteiger partial charge is 0.408 e. The van der Waals surface area contributed by atoms with E-state index in [1.54, 1.807) is 20.8 Å². The lowest BCUT2D eigenvalue weighted by Crippen LogP contribution is -2.49. The number of carbonyl (C=O) groups is 2. The maximum atomic E-state index is 12.6. The summed E-state index contributed by atoms with van der Waals surface area (Å²) in [7, 11) is 0. The average molecular weight is 442 g/mol. The van der Waals surface area contributed by atoms with Gasteiger partial charge in [-0.05, 0) is 63.1 Å². The van der Waals surface area contributed by atoms with Gasteiger partial charge in [0.15, 0.2) is 0 Å². The summed E-state index contributed by atoms with van der Waals surface area (Å²) in [5, 5.41) is 6.51. The lowest BCUT2D eigenvalue weighted by molar-refractivity contribution is -0.124. The summed E-state index contributed by atoms with van der Waals surface area (Å²) >= 11 is 0. The molecule has 0 bridgehead atoms. The molecule has 0 saturated heterocycles. The summed E-state index contributed by atoms with van der Waals surface area (Å²) in [5.74, 6) is 0.233. The van der Waals surface area contributed by atoms with E-state index in [1.165, 1.54) is 6.21 Å². The van der Waals surface area contributed by atoms with Crippen molar-refractivity contribution in [1.82, 2.24) is 10.7 Å². The SMILES string of the molecule is CCOc1ccc(/C=N\NC(=O)[C@H](COCc2ccccc2)NC(=O)OC(C)(C)C)cc1. The zero-order valence-electron chi connectivity index (χ0n) is 19.0. The number of hydrazone groups is 1. The molecular formula is C24H31N3O5. The summed E-state index contributed by atoms with van der Waals surface area (Å²) in [6.45, 7) is 7.99. The van der Waals surface area contributed by atoms with E-state index in [-0.39, 0.29) is 6.61 Å². The van der Waals surface area contributed by atoms with Gasteiger partial charge >= 0.3 is 6.09 Å². The zero-order chi connectivity index (χ0) is 23.4. The molecule has 0 spiro atoms. The molecule has 0 heterocycles. The predicted molar refractivity (Wildman–Crippen MR) is 123 cm³/mol. The highest BCUT2D eigenvalue weighted by Gasteiger charge is 2.24. The zero-order valence-corrected chi connectivity index (χ0v) is 19.0. The third-order valence-electron chi connectivity index (χ3n) is 3.98. The number of benzene rings is 2. The molecule has 0 aliphatic heterocycles. The van der Waals surface area contributed by atoms with Gasteiger partial charge in [0.2, 0.25) is 0 Å². The quantitative estimate of drug-likeness (QED) is 0.433. The van der Waals surface area contributed by atoms with Gasteiger partial charge in [-0.1, -0.05) is 30.3 Å². The van der Waals surface area contributed by atoms with Crippen LogP contribution in [-0.2, 0) is 20.9 Å². The Morgan fingerprint density at radius 2 is 1.75 bits per heavy atom. The van der Waals surface area contributed by atoms with Crippen LogP contribution in [0.2, 0.25) is 0 Å². The van der Waals surface area contributed by atoms with Crippen LogP contribution in [0.1, 0.15) is 38.8 Å². The molecule has 2 amide bonds. The van der Waals surface area contributed by atoms with Crippen molar-refractivity contribution in [3.8, 4) is 5.75 Å². The minimum Gasteiger partial charge on any atom is -0.494 e. The van der Waals surface area contributed by atoms with E-state index in [0.29, 0.717) is 13.2 Å². The van der Waals surface area contributed by atoms with Gasteiger partial charge in [0.1, 0.15) is 17.4 Å². The topological polar surface area (TPSA) is 98.3 Å². The van der Waals surface area contributed by atoms with E-state index in [2.05, 4.69) is 15.8 Å². The van der Waals surface area contributed by atoms with Crippen LogP contribution in [0, 0.1) is 0 Å². The Labute approximate surface area is 188 Å². The lowest BCUT2D eigenvalue weighted by atomic mass is 10.2.